The van der Waals surface area contributed by atoms with E-state index < -0.39 is 11.7 Å². The summed E-state index contributed by atoms with van der Waals surface area (Å²) in [5, 5.41) is 0. The van der Waals surface area contributed by atoms with Crippen molar-refractivity contribution < 1.29 is 17.9 Å². The maximum atomic E-state index is 12.5. The van der Waals surface area contributed by atoms with Crippen LogP contribution in [0.5, 0.6) is 0 Å². The molecule has 0 radical (unpaired) electrons. The third-order valence-corrected chi connectivity index (χ3v) is 2.51. The first kappa shape index (κ1) is 16.8. The van der Waals surface area contributed by atoms with Crippen LogP contribution in [0, 0.1) is 0 Å². The van der Waals surface area contributed by atoms with Gasteiger partial charge in [0.25, 0.3) is 0 Å². The second kappa shape index (κ2) is 8.15. The lowest BCUT2D eigenvalue weighted by Gasteiger charge is -2.10. The van der Waals surface area contributed by atoms with E-state index in [1.807, 2.05) is 6.92 Å². The van der Waals surface area contributed by atoms with E-state index in [2.05, 4.69) is 6.58 Å². The quantitative estimate of drug-likeness (QED) is 0.505. The monoisotopic (exact) mass is 294 g/mol. The number of hydrogen-bond donors (Lipinski definition) is 0. The lowest BCUT2D eigenvalue weighted by molar-refractivity contribution is -0.137. The van der Waals surface area contributed by atoms with Crippen molar-refractivity contribution in [2.75, 3.05) is 6.61 Å². The largest absolute Gasteiger partial charge is 0.493 e. The van der Waals surface area contributed by atoms with Crippen molar-refractivity contribution >= 4 is 5.76 Å². The van der Waals surface area contributed by atoms with Crippen molar-refractivity contribution in [3.8, 4) is 0 Å². The van der Waals surface area contributed by atoms with Gasteiger partial charge in [0.05, 0.1) is 12.2 Å². The summed E-state index contributed by atoms with van der Waals surface area (Å²) in [6.07, 6.45) is 6.12. The Morgan fingerprint density at radius 1 is 1.10 bits per heavy atom. The van der Waals surface area contributed by atoms with Gasteiger partial charge in [0.2, 0.25) is 0 Å². The zero-order chi connectivity index (χ0) is 15.7. The minimum absolute atomic E-state index is 0.434. The predicted molar refractivity (Wildman–Crippen MR) is 79.5 cm³/mol. The first-order valence-electron chi connectivity index (χ1n) is 6.45. The van der Waals surface area contributed by atoms with Crippen LogP contribution in [0.2, 0.25) is 0 Å². The first-order chi connectivity index (χ1) is 9.99. The molecule has 112 valence electrons. The molecule has 1 aromatic rings. The molecule has 0 atom stereocenters. The Morgan fingerprint density at radius 3 is 2.24 bits per heavy atom. The van der Waals surface area contributed by atoms with Crippen molar-refractivity contribution in [1.82, 2.24) is 0 Å². The molecule has 21 heavy (non-hydrogen) atoms. The van der Waals surface area contributed by atoms with Gasteiger partial charge >= 0.3 is 6.18 Å². The summed E-state index contributed by atoms with van der Waals surface area (Å²) >= 11 is 0. The number of ether oxygens (including phenoxy) is 1. The lowest BCUT2D eigenvalue weighted by Crippen LogP contribution is -2.04. The van der Waals surface area contributed by atoms with E-state index in [-0.39, 0.29) is 0 Å². The topological polar surface area (TPSA) is 9.23 Å². The molecule has 0 saturated heterocycles. The third-order valence-electron chi connectivity index (χ3n) is 2.51. The van der Waals surface area contributed by atoms with Crippen LogP contribution in [0.1, 0.15) is 18.1 Å². The molecule has 0 aliphatic carbocycles. The van der Waals surface area contributed by atoms with Crippen LogP contribution < -0.4 is 0 Å². The average Bonchev–Trinajstić information content (AvgIpc) is 2.45. The van der Waals surface area contributed by atoms with Crippen molar-refractivity contribution in [2.24, 2.45) is 0 Å². The number of rotatable bonds is 6. The van der Waals surface area contributed by atoms with Gasteiger partial charge in [0, 0.05) is 5.56 Å². The molecular weight excluding hydrogens is 277 g/mol. The number of benzene rings is 1. The predicted octanol–water partition coefficient (Wildman–Crippen LogP) is 5.38. The molecular formula is C17H17F3O. The van der Waals surface area contributed by atoms with Crippen molar-refractivity contribution in [3.05, 3.63) is 78.4 Å². The molecule has 0 unspecified atom stereocenters. The van der Waals surface area contributed by atoms with Gasteiger partial charge in [-0.05, 0) is 25.1 Å². The van der Waals surface area contributed by atoms with Gasteiger partial charge < -0.3 is 4.74 Å². The zero-order valence-corrected chi connectivity index (χ0v) is 11.7. The first-order valence-corrected chi connectivity index (χ1v) is 6.45. The van der Waals surface area contributed by atoms with Crippen molar-refractivity contribution in [2.45, 2.75) is 13.1 Å². The Morgan fingerprint density at radius 2 is 1.71 bits per heavy atom. The minimum atomic E-state index is -4.33. The number of allylic oxidation sites excluding steroid dienone is 6. The summed E-state index contributed by atoms with van der Waals surface area (Å²) in [6, 6.07) is 4.89. The summed E-state index contributed by atoms with van der Waals surface area (Å²) in [6.45, 7) is 5.80. The molecule has 0 aliphatic rings. The number of halogens is 3. The van der Waals surface area contributed by atoms with E-state index in [0.717, 1.165) is 12.1 Å². The van der Waals surface area contributed by atoms with Crippen LogP contribution in [0.3, 0.4) is 0 Å². The fourth-order valence-corrected chi connectivity index (χ4v) is 1.56. The summed E-state index contributed by atoms with van der Waals surface area (Å²) in [5.74, 6) is 0.523. The van der Waals surface area contributed by atoms with E-state index in [4.69, 9.17) is 4.74 Å². The highest BCUT2D eigenvalue weighted by Gasteiger charge is 2.30. The molecule has 0 aromatic heterocycles. The molecule has 1 nitrogen and oxygen atoms in total. The Labute approximate surface area is 122 Å². The van der Waals surface area contributed by atoms with E-state index in [1.165, 1.54) is 12.1 Å². The van der Waals surface area contributed by atoms with Crippen LogP contribution in [-0.4, -0.2) is 6.61 Å². The van der Waals surface area contributed by atoms with Crippen molar-refractivity contribution in [3.63, 3.8) is 0 Å². The minimum Gasteiger partial charge on any atom is -0.493 e. The van der Waals surface area contributed by atoms with Gasteiger partial charge in [0.1, 0.15) is 5.76 Å². The summed E-state index contributed by atoms with van der Waals surface area (Å²) in [4.78, 5) is 0. The van der Waals surface area contributed by atoms with Gasteiger partial charge in [-0.2, -0.15) is 13.2 Å². The van der Waals surface area contributed by atoms with Crippen LogP contribution in [0.25, 0.3) is 5.76 Å². The second-order valence-corrected chi connectivity index (χ2v) is 4.04. The Balaban J connectivity index is 2.95. The fraction of sp³-hybridized carbons (Fsp3) is 0.176. The summed E-state index contributed by atoms with van der Waals surface area (Å²) in [7, 11) is 0. The summed E-state index contributed by atoms with van der Waals surface area (Å²) in [5.41, 5.74) is -0.0752. The third kappa shape index (κ3) is 5.73. The van der Waals surface area contributed by atoms with E-state index >= 15 is 0 Å². The maximum absolute atomic E-state index is 12.5. The highest BCUT2D eigenvalue weighted by molar-refractivity contribution is 5.61. The molecule has 1 aromatic carbocycles. The molecule has 0 aliphatic heterocycles. The molecule has 0 bridgehead atoms. The average molecular weight is 294 g/mol. The van der Waals surface area contributed by atoms with Gasteiger partial charge in [-0.3, -0.25) is 0 Å². The molecule has 0 spiro atoms. The Kier molecular flexibility index (Phi) is 6.53. The Bertz CT molecular complexity index is 534. The summed E-state index contributed by atoms with van der Waals surface area (Å²) < 4.78 is 43.0. The second-order valence-electron chi connectivity index (χ2n) is 4.04. The molecule has 0 fully saturated rings. The molecule has 0 amide bonds. The standard InChI is InChI=1S/C17H17F3O/c1-3-5-6-7-8-9-16(21-4-2)14-10-12-15(13-11-14)17(18,19)20/h3,5-13H,1,4H2,2H3/b6-5+,8-7+,16-9-. The van der Waals surface area contributed by atoms with Gasteiger partial charge in [0.15, 0.2) is 0 Å². The molecule has 4 heteroatoms. The van der Waals surface area contributed by atoms with Crippen molar-refractivity contribution in [1.29, 1.82) is 0 Å². The fourth-order valence-electron chi connectivity index (χ4n) is 1.56. The van der Waals surface area contributed by atoms with Crippen LogP contribution in [0.4, 0.5) is 13.2 Å². The normalized spacial score (nSPS) is 13.0. The van der Waals surface area contributed by atoms with E-state index in [9.17, 15) is 13.2 Å². The van der Waals surface area contributed by atoms with Gasteiger partial charge in [-0.1, -0.05) is 49.1 Å². The smallest absolute Gasteiger partial charge is 0.416 e. The molecule has 0 saturated carbocycles. The highest BCUT2D eigenvalue weighted by Crippen LogP contribution is 2.30. The molecule has 0 heterocycles. The van der Waals surface area contributed by atoms with E-state index in [0.29, 0.717) is 17.9 Å². The highest BCUT2D eigenvalue weighted by atomic mass is 19.4. The van der Waals surface area contributed by atoms with Gasteiger partial charge in [-0.25, -0.2) is 0 Å². The van der Waals surface area contributed by atoms with Crippen LogP contribution in [-0.2, 0) is 10.9 Å². The molecule has 0 N–H and O–H groups in total. The number of alkyl halides is 3. The van der Waals surface area contributed by atoms with Crippen LogP contribution in [0.15, 0.2) is 67.3 Å². The molecule has 1 rings (SSSR count). The Hall–Kier alpha value is -2.23. The zero-order valence-electron chi connectivity index (χ0n) is 11.7. The lowest BCUT2D eigenvalue weighted by atomic mass is 10.1. The van der Waals surface area contributed by atoms with Crippen LogP contribution >= 0.6 is 0 Å². The number of hydrogen-bond acceptors (Lipinski definition) is 1. The van der Waals surface area contributed by atoms with Gasteiger partial charge in [-0.15, -0.1) is 0 Å². The SMILES string of the molecule is C=C/C=C/C=C/C=C(\OCC)c1ccc(C(F)(F)F)cc1. The van der Waals surface area contributed by atoms with E-state index in [1.54, 1.807) is 36.5 Å². The maximum Gasteiger partial charge on any atom is 0.416 e.